The molecule has 2 heteroatoms. The second kappa shape index (κ2) is 4.95. The number of nitrogens with zero attached hydrogens (tertiary/aromatic N) is 1. The highest BCUT2D eigenvalue weighted by Gasteiger charge is 2.28. The molecule has 0 bridgehead atoms. The molecule has 1 N–H and O–H groups in total. The summed E-state index contributed by atoms with van der Waals surface area (Å²) in [7, 11) is 0. The van der Waals surface area contributed by atoms with Crippen LogP contribution >= 0.6 is 0 Å². The van der Waals surface area contributed by atoms with Gasteiger partial charge in [-0.2, -0.15) is 0 Å². The fraction of sp³-hybridized carbons (Fsp3) is 0.692. The van der Waals surface area contributed by atoms with Crippen LogP contribution in [0.5, 0.6) is 0 Å². The third-order valence-electron chi connectivity index (χ3n) is 3.78. The summed E-state index contributed by atoms with van der Waals surface area (Å²) in [5, 5.41) is 9.12. The fourth-order valence-electron chi connectivity index (χ4n) is 2.61. The van der Waals surface area contributed by atoms with Crippen LogP contribution < -0.4 is 0 Å². The van der Waals surface area contributed by atoms with E-state index in [1.165, 1.54) is 0 Å². The Balaban J connectivity index is 1.88. The lowest BCUT2D eigenvalue weighted by molar-refractivity contribution is 0.182. The van der Waals surface area contributed by atoms with E-state index in [1.54, 1.807) is 0 Å². The molecule has 1 aliphatic heterocycles. The first-order valence-electron chi connectivity index (χ1n) is 5.99. The number of aliphatic hydroxyl groups is 1. The van der Waals surface area contributed by atoms with E-state index >= 15 is 0 Å². The molecule has 0 aromatic rings. The zero-order chi connectivity index (χ0) is 10.7. The topological polar surface area (TPSA) is 23.5 Å². The Labute approximate surface area is 92.3 Å². The maximum atomic E-state index is 9.12. The lowest BCUT2D eigenvalue weighted by atomic mass is 9.93. The number of allylic oxidation sites excluding steroid dienone is 3. The van der Waals surface area contributed by atoms with Crippen molar-refractivity contribution in [2.24, 2.45) is 11.8 Å². The molecule has 0 radical (unpaired) electrons. The van der Waals surface area contributed by atoms with Gasteiger partial charge in [-0.1, -0.05) is 24.3 Å². The SMILES string of the molecule is C[C@H](C1C=CC=CC1)N1CC[C@@H](CO)C1. The number of hydrogen-bond acceptors (Lipinski definition) is 2. The zero-order valence-electron chi connectivity index (χ0n) is 9.47. The predicted octanol–water partition coefficient (Wildman–Crippen LogP) is 1.82. The first-order chi connectivity index (χ1) is 7.31. The van der Waals surface area contributed by atoms with Crippen molar-refractivity contribution in [1.82, 2.24) is 4.90 Å². The largest absolute Gasteiger partial charge is 0.396 e. The molecule has 84 valence electrons. The zero-order valence-corrected chi connectivity index (χ0v) is 9.47. The van der Waals surface area contributed by atoms with Crippen molar-refractivity contribution in [1.29, 1.82) is 0 Å². The average Bonchev–Trinajstić information content (AvgIpc) is 2.78. The molecule has 0 aromatic heterocycles. The summed E-state index contributed by atoms with van der Waals surface area (Å²) < 4.78 is 0. The minimum absolute atomic E-state index is 0.351. The minimum Gasteiger partial charge on any atom is -0.396 e. The van der Waals surface area contributed by atoms with E-state index in [0.717, 1.165) is 25.9 Å². The number of aliphatic hydroxyl groups excluding tert-OH is 1. The Morgan fingerprint density at radius 1 is 1.47 bits per heavy atom. The van der Waals surface area contributed by atoms with Crippen LogP contribution in [0.4, 0.5) is 0 Å². The van der Waals surface area contributed by atoms with Crippen LogP contribution in [-0.4, -0.2) is 35.7 Å². The predicted molar refractivity (Wildman–Crippen MR) is 62.6 cm³/mol. The van der Waals surface area contributed by atoms with Crippen molar-refractivity contribution in [2.75, 3.05) is 19.7 Å². The molecule has 2 aliphatic rings. The Kier molecular flexibility index (Phi) is 3.60. The summed E-state index contributed by atoms with van der Waals surface area (Å²) >= 11 is 0. The molecule has 1 heterocycles. The maximum absolute atomic E-state index is 9.12. The van der Waals surface area contributed by atoms with Gasteiger partial charge in [0.2, 0.25) is 0 Å². The second-order valence-electron chi connectivity index (χ2n) is 4.79. The summed E-state index contributed by atoms with van der Waals surface area (Å²) in [6, 6.07) is 0.614. The molecule has 15 heavy (non-hydrogen) atoms. The Morgan fingerprint density at radius 3 is 2.93 bits per heavy atom. The van der Waals surface area contributed by atoms with Gasteiger partial charge in [-0.3, -0.25) is 4.90 Å². The van der Waals surface area contributed by atoms with Gasteiger partial charge in [-0.05, 0) is 38.1 Å². The molecule has 0 aromatic carbocycles. The summed E-state index contributed by atoms with van der Waals surface area (Å²) in [5.74, 6) is 1.17. The van der Waals surface area contributed by atoms with E-state index in [1.807, 2.05) is 0 Å². The van der Waals surface area contributed by atoms with Crippen molar-refractivity contribution in [3.05, 3.63) is 24.3 Å². The molecule has 2 nitrogen and oxygen atoms in total. The van der Waals surface area contributed by atoms with Gasteiger partial charge in [0.25, 0.3) is 0 Å². The first kappa shape index (κ1) is 10.9. The molecule has 1 fully saturated rings. The summed E-state index contributed by atoms with van der Waals surface area (Å²) in [5.41, 5.74) is 0. The van der Waals surface area contributed by atoms with Gasteiger partial charge in [-0.15, -0.1) is 0 Å². The van der Waals surface area contributed by atoms with Gasteiger partial charge < -0.3 is 5.11 Å². The summed E-state index contributed by atoms with van der Waals surface area (Å²) in [6.45, 7) is 4.89. The average molecular weight is 207 g/mol. The van der Waals surface area contributed by atoms with Crippen LogP contribution in [0.2, 0.25) is 0 Å². The lowest BCUT2D eigenvalue weighted by Gasteiger charge is -2.30. The molecule has 2 rings (SSSR count). The second-order valence-corrected chi connectivity index (χ2v) is 4.79. The van der Waals surface area contributed by atoms with Crippen LogP contribution in [0.15, 0.2) is 24.3 Å². The van der Waals surface area contributed by atoms with Crippen molar-refractivity contribution < 1.29 is 5.11 Å². The van der Waals surface area contributed by atoms with E-state index < -0.39 is 0 Å². The van der Waals surface area contributed by atoms with Crippen LogP contribution in [-0.2, 0) is 0 Å². The Morgan fingerprint density at radius 2 is 2.33 bits per heavy atom. The van der Waals surface area contributed by atoms with Gasteiger partial charge >= 0.3 is 0 Å². The van der Waals surface area contributed by atoms with Crippen LogP contribution in [0.3, 0.4) is 0 Å². The molecule has 0 spiro atoms. The van der Waals surface area contributed by atoms with Gasteiger partial charge in [0.05, 0.1) is 0 Å². The van der Waals surface area contributed by atoms with E-state index in [9.17, 15) is 0 Å². The number of rotatable bonds is 3. The molecule has 1 saturated heterocycles. The molecular formula is C13H21NO. The number of hydrogen-bond donors (Lipinski definition) is 1. The van der Waals surface area contributed by atoms with Crippen molar-refractivity contribution in [2.45, 2.75) is 25.8 Å². The van der Waals surface area contributed by atoms with E-state index in [0.29, 0.717) is 24.5 Å². The summed E-state index contributed by atoms with van der Waals surface area (Å²) in [4.78, 5) is 2.52. The molecule has 0 amide bonds. The van der Waals surface area contributed by atoms with Crippen LogP contribution in [0.25, 0.3) is 0 Å². The Bertz CT molecular complexity index is 259. The highest BCUT2D eigenvalue weighted by atomic mass is 16.3. The summed E-state index contributed by atoms with van der Waals surface area (Å²) in [6.07, 6.45) is 11.2. The molecule has 1 unspecified atom stereocenters. The monoisotopic (exact) mass is 207 g/mol. The third-order valence-corrected chi connectivity index (χ3v) is 3.78. The maximum Gasteiger partial charge on any atom is 0.0471 e. The minimum atomic E-state index is 0.351. The molecule has 3 atom stereocenters. The van der Waals surface area contributed by atoms with Gasteiger partial charge in [0.15, 0.2) is 0 Å². The van der Waals surface area contributed by atoms with E-state index in [2.05, 4.69) is 36.1 Å². The standard InChI is InChI=1S/C13H21NO/c1-11(13-5-3-2-4-6-13)14-8-7-12(9-14)10-15/h2-5,11-13,15H,6-10H2,1H3/t11-,12-,13?/m1/s1. The van der Waals surface area contributed by atoms with E-state index in [4.69, 9.17) is 5.11 Å². The van der Waals surface area contributed by atoms with Gasteiger partial charge in [0.1, 0.15) is 0 Å². The Hall–Kier alpha value is -0.600. The molecule has 1 aliphatic carbocycles. The quantitative estimate of drug-likeness (QED) is 0.763. The number of likely N-dealkylation sites (tertiary alicyclic amines) is 1. The van der Waals surface area contributed by atoms with Crippen molar-refractivity contribution in [3.63, 3.8) is 0 Å². The van der Waals surface area contributed by atoms with Crippen LogP contribution in [0, 0.1) is 11.8 Å². The first-order valence-corrected chi connectivity index (χ1v) is 5.99. The normalized spacial score (nSPS) is 33.5. The van der Waals surface area contributed by atoms with Gasteiger partial charge in [-0.25, -0.2) is 0 Å². The van der Waals surface area contributed by atoms with Crippen LogP contribution in [0.1, 0.15) is 19.8 Å². The van der Waals surface area contributed by atoms with E-state index in [-0.39, 0.29) is 0 Å². The molecule has 0 saturated carbocycles. The fourth-order valence-corrected chi connectivity index (χ4v) is 2.61. The van der Waals surface area contributed by atoms with Crippen molar-refractivity contribution >= 4 is 0 Å². The lowest BCUT2D eigenvalue weighted by Crippen LogP contribution is -2.36. The smallest absolute Gasteiger partial charge is 0.0471 e. The highest BCUT2D eigenvalue weighted by Crippen LogP contribution is 2.25. The van der Waals surface area contributed by atoms with Crippen molar-refractivity contribution in [3.8, 4) is 0 Å². The molecular weight excluding hydrogens is 186 g/mol. The highest BCUT2D eigenvalue weighted by molar-refractivity contribution is 5.12. The third kappa shape index (κ3) is 2.50. The van der Waals surface area contributed by atoms with Gasteiger partial charge in [0, 0.05) is 19.2 Å².